The molecule has 0 aromatic carbocycles. The van der Waals surface area contributed by atoms with E-state index in [4.69, 9.17) is 4.42 Å². The zero-order chi connectivity index (χ0) is 11.3. The van der Waals surface area contributed by atoms with Crippen LogP contribution < -0.4 is 0 Å². The van der Waals surface area contributed by atoms with Crippen LogP contribution in [0, 0.1) is 12.8 Å². The maximum atomic E-state index is 11.9. The normalized spacial score (nSPS) is 23.0. The zero-order valence-corrected chi connectivity index (χ0v) is 9.27. The molecule has 1 aromatic rings. The van der Waals surface area contributed by atoms with E-state index in [1.807, 2.05) is 6.92 Å². The van der Waals surface area contributed by atoms with Crippen LogP contribution in [0.15, 0.2) is 16.5 Å². The van der Waals surface area contributed by atoms with Gasteiger partial charge in [-0.25, -0.2) is 0 Å². The van der Waals surface area contributed by atoms with Crippen LogP contribution in [-0.2, 0) is 0 Å². The average Bonchev–Trinajstić information content (AvgIpc) is 2.96. The highest BCUT2D eigenvalue weighted by molar-refractivity contribution is 5.92. The summed E-state index contributed by atoms with van der Waals surface area (Å²) in [5.41, 5.74) is -0.614. The van der Waals surface area contributed by atoms with Gasteiger partial charge in [0.2, 0.25) is 0 Å². The number of likely N-dealkylation sites (tertiary alicyclic amines) is 1. The van der Waals surface area contributed by atoms with Gasteiger partial charge in [0.25, 0.3) is 5.91 Å². The van der Waals surface area contributed by atoms with Gasteiger partial charge in [0.15, 0.2) is 5.76 Å². The van der Waals surface area contributed by atoms with Crippen molar-refractivity contribution in [3.05, 3.63) is 23.7 Å². The minimum atomic E-state index is -0.614. The molecule has 1 saturated heterocycles. The first kappa shape index (κ1) is 9.90. The SMILES string of the molecule is Cc1ccc(C(=O)N2CC(O)(C3CC3)C2)o1. The summed E-state index contributed by atoms with van der Waals surface area (Å²) in [7, 11) is 0. The van der Waals surface area contributed by atoms with Crippen LogP contribution in [0.2, 0.25) is 0 Å². The molecule has 1 N–H and O–H groups in total. The highest BCUT2D eigenvalue weighted by atomic mass is 16.4. The van der Waals surface area contributed by atoms with Crippen molar-refractivity contribution < 1.29 is 14.3 Å². The molecule has 1 amide bonds. The van der Waals surface area contributed by atoms with E-state index in [0.29, 0.717) is 24.8 Å². The Morgan fingerprint density at radius 2 is 2.19 bits per heavy atom. The molecule has 86 valence electrons. The Kier molecular flexibility index (Phi) is 1.92. The molecule has 3 rings (SSSR count). The number of β-amino-alcohol motifs (C(OH)–C–C–N with tert-alkyl or cyclic N) is 1. The van der Waals surface area contributed by atoms with E-state index in [2.05, 4.69) is 0 Å². The lowest BCUT2D eigenvalue weighted by atomic mass is 9.88. The van der Waals surface area contributed by atoms with Crippen molar-refractivity contribution in [2.24, 2.45) is 5.92 Å². The second kappa shape index (κ2) is 3.10. The largest absolute Gasteiger partial charge is 0.456 e. The van der Waals surface area contributed by atoms with E-state index in [0.717, 1.165) is 18.6 Å². The maximum absolute atomic E-state index is 11.9. The van der Waals surface area contributed by atoms with Gasteiger partial charge >= 0.3 is 0 Å². The number of amides is 1. The monoisotopic (exact) mass is 221 g/mol. The number of carbonyl (C=O) groups excluding carboxylic acids is 1. The third-order valence-corrected chi connectivity index (χ3v) is 3.50. The van der Waals surface area contributed by atoms with Gasteiger partial charge in [-0.05, 0) is 37.8 Å². The molecule has 0 spiro atoms. The molecule has 16 heavy (non-hydrogen) atoms. The van der Waals surface area contributed by atoms with Gasteiger partial charge in [-0.15, -0.1) is 0 Å². The average molecular weight is 221 g/mol. The van der Waals surface area contributed by atoms with Crippen molar-refractivity contribution in [3.63, 3.8) is 0 Å². The van der Waals surface area contributed by atoms with Gasteiger partial charge < -0.3 is 14.4 Å². The number of carbonyl (C=O) groups is 1. The van der Waals surface area contributed by atoms with Gasteiger partial charge in [-0.1, -0.05) is 0 Å². The van der Waals surface area contributed by atoms with E-state index < -0.39 is 5.60 Å². The van der Waals surface area contributed by atoms with E-state index >= 15 is 0 Å². The summed E-state index contributed by atoms with van der Waals surface area (Å²) in [4.78, 5) is 13.5. The number of rotatable bonds is 2. The number of aryl methyl sites for hydroxylation is 1. The van der Waals surface area contributed by atoms with Crippen molar-refractivity contribution in [1.82, 2.24) is 4.90 Å². The quantitative estimate of drug-likeness (QED) is 0.816. The number of hydrogen-bond acceptors (Lipinski definition) is 3. The summed E-state index contributed by atoms with van der Waals surface area (Å²) in [5, 5.41) is 10.1. The van der Waals surface area contributed by atoms with Gasteiger partial charge in [0.05, 0.1) is 13.1 Å². The lowest BCUT2D eigenvalue weighted by Crippen LogP contribution is -2.64. The summed E-state index contributed by atoms with van der Waals surface area (Å²) in [5.74, 6) is 1.41. The first-order valence-electron chi connectivity index (χ1n) is 5.67. The molecule has 0 radical (unpaired) electrons. The molecule has 2 aliphatic rings. The second-order valence-electron chi connectivity index (χ2n) is 4.95. The van der Waals surface area contributed by atoms with Crippen molar-refractivity contribution in [2.75, 3.05) is 13.1 Å². The third-order valence-electron chi connectivity index (χ3n) is 3.50. The smallest absolute Gasteiger partial charge is 0.289 e. The minimum absolute atomic E-state index is 0.113. The Balaban J connectivity index is 1.66. The molecule has 4 heteroatoms. The van der Waals surface area contributed by atoms with Crippen LogP contribution >= 0.6 is 0 Å². The fourth-order valence-electron chi connectivity index (χ4n) is 2.34. The van der Waals surface area contributed by atoms with Gasteiger partial charge in [0, 0.05) is 0 Å². The van der Waals surface area contributed by atoms with Gasteiger partial charge in [-0.3, -0.25) is 4.79 Å². The molecule has 2 heterocycles. The number of hydrogen-bond donors (Lipinski definition) is 1. The molecule has 4 nitrogen and oxygen atoms in total. The number of aliphatic hydroxyl groups is 1. The zero-order valence-electron chi connectivity index (χ0n) is 9.27. The van der Waals surface area contributed by atoms with Crippen LogP contribution in [0.1, 0.15) is 29.2 Å². The Morgan fingerprint density at radius 1 is 1.50 bits per heavy atom. The minimum Gasteiger partial charge on any atom is -0.456 e. The lowest BCUT2D eigenvalue weighted by Gasteiger charge is -2.46. The number of nitrogens with zero attached hydrogens (tertiary/aromatic N) is 1. The molecule has 0 bridgehead atoms. The summed E-state index contributed by atoms with van der Waals surface area (Å²) in [6.45, 7) is 2.72. The molecule has 2 fully saturated rings. The van der Waals surface area contributed by atoms with Crippen LogP contribution in [0.5, 0.6) is 0 Å². The molecular formula is C12H15NO3. The van der Waals surface area contributed by atoms with E-state index in [1.54, 1.807) is 17.0 Å². The predicted octanol–water partition coefficient (Wildman–Crippen LogP) is 1.18. The van der Waals surface area contributed by atoms with Crippen molar-refractivity contribution in [1.29, 1.82) is 0 Å². The van der Waals surface area contributed by atoms with Crippen LogP contribution in [-0.4, -0.2) is 34.6 Å². The topological polar surface area (TPSA) is 53.7 Å². The predicted molar refractivity (Wildman–Crippen MR) is 57.0 cm³/mol. The fourth-order valence-corrected chi connectivity index (χ4v) is 2.34. The molecular weight excluding hydrogens is 206 g/mol. The van der Waals surface area contributed by atoms with Crippen LogP contribution in [0.25, 0.3) is 0 Å². The number of furan rings is 1. The van der Waals surface area contributed by atoms with E-state index in [1.165, 1.54) is 0 Å². The Morgan fingerprint density at radius 3 is 2.69 bits per heavy atom. The molecule has 1 aliphatic heterocycles. The Hall–Kier alpha value is -1.29. The molecule has 0 atom stereocenters. The van der Waals surface area contributed by atoms with Gasteiger partial charge in [0.1, 0.15) is 11.4 Å². The summed E-state index contributed by atoms with van der Waals surface area (Å²) in [6, 6.07) is 3.46. The Bertz CT molecular complexity index is 427. The van der Waals surface area contributed by atoms with E-state index in [9.17, 15) is 9.90 Å². The summed E-state index contributed by atoms with van der Waals surface area (Å²) < 4.78 is 5.27. The maximum Gasteiger partial charge on any atom is 0.289 e. The van der Waals surface area contributed by atoms with Crippen molar-refractivity contribution in [3.8, 4) is 0 Å². The van der Waals surface area contributed by atoms with Crippen LogP contribution in [0.3, 0.4) is 0 Å². The standard InChI is InChI=1S/C12H15NO3/c1-8-2-5-10(16-8)11(14)13-6-12(15,7-13)9-3-4-9/h2,5,9,15H,3-4,6-7H2,1H3. The molecule has 1 aliphatic carbocycles. The molecule has 1 aromatic heterocycles. The second-order valence-corrected chi connectivity index (χ2v) is 4.95. The fraction of sp³-hybridized carbons (Fsp3) is 0.583. The lowest BCUT2D eigenvalue weighted by molar-refractivity contribution is -0.0965. The molecule has 0 unspecified atom stereocenters. The van der Waals surface area contributed by atoms with E-state index in [-0.39, 0.29) is 5.91 Å². The first-order valence-corrected chi connectivity index (χ1v) is 5.67. The Labute approximate surface area is 93.8 Å². The highest BCUT2D eigenvalue weighted by Gasteiger charge is 2.53. The van der Waals surface area contributed by atoms with Crippen LogP contribution in [0.4, 0.5) is 0 Å². The highest BCUT2D eigenvalue weighted by Crippen LogP contribution is 2.44. The third kappa shape index (κ3) is 1.45. The molecule has 1 saturated carbocycles. The summed E-state index contributed by atoms with van der Waals surface area (Å²) in [6.07, 6.45) is 2.19. The van der Waals surface area contributed by atoms with Crippen molar-refractivity contribution >= 4 is 5.91 Å². The summed E-state index contributed by atoms with van der Waals surface area (Å²) >= 11 is 0. The van der Waals surface area contributed by atoms with Crippen molar-refractivity contribution in [2.45, 2.75) is 25.4 Å². The first-order chi connectivity index (χ1) is 7.58. The van der Waals surface area contributed by atoms with Gasteiger partial charge in [-0.2, -0.15) is 0 Å².